The monoisotopic (exact) mass is 646 g/mol. The largest absolute Gasteiger partial charge is 0.488 e. The van der Waals surface area contributed by atoms with E-state index in [1.54, 1.807) is 6.26 Å². The third-order valence-electron chi connectivity index (χ3n) is 9.51. The average molecular weight is 648 g/mol. The lowest BCUT2D eigenvalue weighted by Gasteiger charge is -2.46. The summed E-state index contributed by atoms with van der Waals surface area (Å²) in [5, 5.41) is 5.79. The van der Waals surface area contributed by atoms with Gasteiger partial charge in [0.05, 0.1) is 6.26 Å². The van der Waals surface area contributed by atoms with Crippen LogP contribution in [0, 0.1) is 5.92 Å². The quantitative estimate of drug-likeness (QED) is 0.218. The molecule has 1 amide bonds. The molecule has 0 aliphatic carbocycles. The zero-order chi connectivity index (χ0) is 27.8. The zero-order valence-corrected chi connectivity index (χ0v) is 26.7. The van der Waals surface area contributed by atoms with Crippen LogP contribution in [0.4, 0.5) is 0 Å². The number of likely N-dealkylation sites (tertiary alicyclic amines) is 1. The summed E-state index contributed by atoms with van der Waals surface area (Å²) in [6.07, 6.45) is 10.6. The number of H-pyrrole nitrogens is 1. The smallest absolute Gasteiger partial charge is 0.267 e. The number of nitrogens with one attached hydrogen (secondary N) is 2. The third kappa shape index (κ3) is 6.97. The molecule has 232 valence electrons. The molecule has 0 radical (unpaired) electrons. The minimum absolute atomic E-state index is 0. The van der Waals surface area contributed by atoms with Gasteiger partial charge in [0.2, 0.25) is 0 Å². The zero-order valence-electron chi connectivity index (χ0n) is 24.4. The first-order valence-corrected chi connectivity index (χ1v) is 15.7. The number of ether oxygens (including phenoxy) is 1. The molecule has 0 unspecified atom stereocenters. The van der Waals surface area contributed by atoms with Crippen molar-refractivity contribution in [2.24, 2.45) is 5.92 Å². The van der Waals surface area contributed by atoms with Crippen LogP contribution >= 0.6 is 36.4 Å². The molecule has 2 N–H and O–H groups in total. The Kier molecular flexibility index (Phi) is 10.5. The number of amides is 1. The molecule has 3 saturated heterocycles. The Balaban J connectivity index is 0.00000184. The van der Waals surface area contributed by atoms with Gasteiger partial charge in [-0.3, -0.25) is 4.79 Å². The fraction of sp³-hybridized carbons (Fsp3) is 0.485. The van der Waals surface area contributed by atoms with Gasteiger partial charge in [-0.1, -0.05) is 24.1 Å². The first-order chi connectivity index (χ1) is 20.1. The standard InChI is InChI=1S/C33H39ClN4O3.2ClH/c34-24-9-10-32-26(17-24)23(21-41-32)20-40-31-8-3-6-28-27(31)18-29(36-28)33(39)35-25-11-15-37(16-12-25)19-22-5-4-14-38-13-2-1-7-30(22)38;;/h3,6,8-10,17-18,21-22,25,30,36H,1-2,4-5,7,11-16,19-20H2,(H,35,39);2*1H/t22-,30+;;/m0../s1. The Morgan fingerprint density at radius 1 is 0.977 bits per heavy atom. The number of benzene rings is 2. The summed E-state index contributed by atoms with van der Waals surface area (Å²) in [6.45, 7) is 6.28. The van der Waals surface area contributed by atoms with Crippen molar-refractivity contribution in [3.63, 3.8) is 0 Å². The topological polar surface area (TPSA) is 73.7 Å². The number of furan rings is 1. The van der Waals surface area contributed by atoms with Crippen LogP contribution in [0.5, 0.6) is 5.75 Å². The molecule has 2 aromatic heterocycles. The van der Waals surface area contributed by atoms with Crippen LogP contribution in [0.15, 0.2) is 53.1 Å². The van der Waals surface area contributed by atoms with Crippen molar-refractivity contribution in [3.05, 3.63) is 65.0 Å². The molecule has 3 fully saturated rings. The minimum atomic E-state index is -0.0498. The number of piperidine rings is 3. The lowest BCUT2D eigenvalue weighted by Crippen LogP contribution is -2.52. The highest BCUT2D eigenvalue weighted by Gasteiger charge is 2.34. The number of aromatic amines is 1. The number of carbonyl (C=O) groups excluding carboxylic acids is 1. The van der Waals surface area contributed by atoms with E-state index >= 15 is 0 Å². The highest BCUT2D eigenvalue weighted by molar-refractivity contribution is 6.31. The number of fused-ring (bicyclic) bond motifs is 3. The van der Waals surface area contributed by atoms with E-state index in [4.69, 9.17) is 20.8 Å². The fourth-order valence-electron chi connectivity index (χ4n) is 7.34. The summed E-state index contributed by atoms with van der Waals surface area (Å²) < 4.78 is 11.8. The van der Waals surface area contributed by atoms with Gasteiger partial charge >= 0.3 is 0 Å². The molecule has 0 bridgehead atoms. The van der Waals surface area contributed by atoms with Crippen LogP contribution in [0.25, 0.3) is 21.9 Å². The third-order valence-corrected chi connectivity index (χ3v) is 9.75. The molecule has 7 rings (SSSR count). The van der Waals surface area contributed by atoms with Gasteiger partial charge in [-0.25, -0.2) is 0 Å². The van der Waals surface area contributed by atoms with E-state index in [9.17, 15) is 4.79 Å². The Hall–Kier alpha value is -2.42. The molecule has 3 aliphatic rings. The normalized spacial score (nSPS) is 21.6. The van der Waals surface area contributed by atoms with Crippen molar-refractivity contribution in [3.8, 4) is 5.75 Å². The van der Waals surface area contributed by atoms with Crippen molar-refractivity contribution in [2.75, 3.05) is 32.7 Å². The van der Waals surface area contributed by atoms with Crippen LogP contribution in [-0.4, -0.2) is 65.5 Å². The van der Waals surface area contributed by atoms with Crippen LogP contribution in [-0.2, 0) is 6.61 Å². The van der Waals surface area contributed by atoms with Gasteiger partial charge in [0, 0.05) is 58.6 Å². The maximum Gasteiger partial charge on any atom is 0.267 e. The van der Waals surface area contributed by atoms with Crippen LogP contribution in [0.3, 0.4) is 0 Å². The van der Waals surface area contributed by atoms with E-state index in [1.807, 2.05) is 42.5 Å². The van der Waals surface area contributed by atoms with Crippen molar-refractivity contribution in [2.45, 2.75) is 63.6 Å². The first-order valence-electron chi connectivity index (χ1n) is 15.3. The second kappa shape index (κ2) is 14.1. The lowest BCUT2D eigenvalue weighted by atomic mass is 9.83. The summed E-state index contributed by atoms with van der Waals surface area (Å²) in [4.78, 5) is 22.0. The highest BCUT2D eigenvalue weighted by Crippen LogP contribution is 2.33. The van der Waals surface area contributed by atoms with Crippen molar-refractivity contribution < 1.29 is 13.9 Å². The fourth-order valence-corrected chi connectivity index (χ4v) is 7.51. The molecule has 5 heterocycles. The van der Waals surface area contributed by atoms with Crippen molar-refractivity contribution in [1.29, 1.82) is 0 Å². The van der Waals surface area contributed by atoms with Crippen LogP contribution in [0.2, 0.25) is 5.02 Å². The van der Waals surface area contributed by atoms with Gasteiger partial charge in [0.15, 0.2) is 0 Å². The molecular formula is C33H41Cl3N4O3. The highest BCUT2D eigenvalue weighted by atomic mass is 35.5. The Morgan fingerprint density at radius 2 is 1.81 bits per heavy atom. The van der Waals surface area contributed by atoms with Gasteiger partial charge < -0.3 is 29.3 Å². The van der Waals surface area contributed by atoms with E-state index < -0.39 is 0 Å². The molecular weight excluding hydrogens is 607 g/mol. The molecule has 2 aromatic carbocycles. The Labute approximate surface area is 270 Å². The van der Waals surface area contributed by atoms with E-state index in [2.05, 4.69) is 20.1 Å². The summed E-state index contributed by atoms with van der Waals surface area (Å²) in [5.74, 6) is 1.48. The SMILES string of the molecule is Cl.Cl.O=C(NC1CCN(C[C@@H]2CCCN3CCCC[C@H]23)CC1)c1cc2c(OCc3coc4ccc(Cl)cc34)cccc2[nH]1. The van der Waals surface area contributed by atoms with Gasteiger partial charge in [-0.2, -0.15) is 0 Å². The number of carbonyl (C=O) groups is 1. The average Bonchev–Trinajstić information content (AvgIpc) is 3.62. The Bertz CT molecular complexity index is 1530. The molecule has 0 spiro atoms. The summed E-state index contributed by atoms with van der Waals surface area (Å²) >= 11 is 6.19. The lowest BCUT2D eigenvalue weighted by molar-refractivity contribution is 0.0351. The van der Waals surface area contributed by atoms with Crippen LogP contribution < -0.4 is 10.1 Å². The summed E-state index contributed by atoms with van der Waals surface area (Å²) in [5.41, 5.74) is 3.16. The second-order valence-corrected chi connectivity index (χ2v) is 12.6. The molecule has 2 atom stereocenters. The predicted octanol–water partition coefficient (Wildman–Crippen LogP) is 7.45. The van der Waals surface area contributed by atoms with Gasteiger partial charge in [-0.15, -0.1) is 24.8 Å². The predicted molar refractivity (Wildman–Crippen MR) is 177 cm³/mol. The van der Waals surface area contributed by atoms with Gasteiger partial charge in [-0.05, 0) is 93.9 Å². The summed E-state index contributed by atoms with van der Waals surface area (Å²) in [7, 11) is 0. The molecule has 0 saturated carbocycles. The first kappa shape index (κ1) is 32.0. The maximum atomic E-state index is 13.2. The van der Waals surface area contributed by atoms with Crippen molar-refractivity contribution >= 4 is 64.2 Å². The molecule has 10 heteroatoms. The molecule has 43 heavy (non-hydrogen) atoms. The van der Waals surface area contributed by atoms with Crippen molar-refractivity contribution in [1.82, 2.24) is 20.1 Å². The van der Waals surface area contributed by atoms with E-state index in [0.29, 0.717) is 17.3 Å². The van der Waals surface area contributed by atoms with Gasteiger partial charge in [0.25, 0.3) is 5.91 Å². The summed E-state index contributed by atoms with van der Waals surface area (Å²) in [6, 6.07) is 14.3. The van der Waals surface area contributed by atoms with E-state index in [0.717, 1.165) is 71.1 Å². The number of hydrogen-bond acceptors (Lipinski definition) is 5. The molecule has 4 aromatic rings. The maximum absolute atomic E-state index is 13.2. The number of nitrogens with zero attached hydrogens (tertiary/aromatic N) is 2. The number of hydrogen-bond donors (Lipinski definition) is 2. The van der Waals surface area contributed by atoms with E-state index in [-0.39, 0.29) is 36.8 Å². The number of halogens is 3. The Morgan fingerprint density at radius 3 is 2.67 bits per heavy atom. The van der Waals surface area contributed by atoms with Crippen LogP contribution in [0.1, 0.15) is 61.0 Å². The molecule has 7 nitrogen and oxygen atoms in total. The number of rotatable bonds is 7. The number of aromatic nitrogens is 1. The second-order valence-electron chi connectivity index (χ2n) is 12.1. The van der Waals surface area contributed by atoms with E-state index in [1.165, 1.54) is 51.7 Å². The minimum Gasteiger partial charge on any atom is -0.488 e. The van der Waals surface area contributed by atoms with Gasteiger partial charge in [0.1, 0.15) is 23.6 Å². The molecule has 3 aliphatic heterocycles.